The molecule has 0 spiro atoms. The van der Waals surface area contributed by atoms with E-state index in [9.17, 15) is 21.6 Å². The third-order valence-electron chi connectivity index (χ3n) is 3.27. The molecule has 116 valence electrons. The third-order valence-corrected chi connectivity index (χ3v) is 6.03. The second kappa shape index (κ2) is 5.74. The summed E-state index contributed by atoms with van der Waals surface area (Å²) in [7, 11) is -6.76. The highest BCUT2D eigenvalue weighted by Gasteiger charge is 2.29. The minimum Gasteiger partial charge on any atom is -0.326 e. The summed E-state index contributed by atoms with van der Waals surface area (Å²) >= 11 is 0. The van der Waals surface area contributed by atoms with E-state index in [0.29, 0.717) is 12.1 Å². The Morgan fingerprint density at radius 3 is 2.38 bits per heavy atom. The van der Waals surface area contributed by atoms with Crippen LogP contribution in [0.25, 0.3) is 0 Å². The summed E-state index contributed by atoms with van der Waals surface area (Å²) in [5.41, 5.74) is 0.438. The standard InChI is InChI=1S/C12H16N2O5S2/c13-21(18,19)11-3-1-10(2-4-11)14-12(15)7-9-5-6-20(16,17)8-9/h1-4,9H,5-8H2,(H,14,15)(H2,13,18,19)/t9-/m1/s1. The smallest absolute Gasteiger partial charge is 0.238 e. The molecule has 0 aromatic heterocycles. The summed E-state index contributed by atoms with van der Waals surface area (Å²) in [4.78, 5) is 11.8. The summed E-state index contributed by atoms with van der Waals surface area (Å²) in [6, 6.07) is 5.46. The van der Waals surface area contributed by atoms with E-state index < -0.39 is 19.9 Å². The van der Waals surface area contributed by atoms with Gasteiger partial charge in [-0.15, -0.1) is 0 Å². The molecule has 1 amide bonds. The second-order valence-electron chi connectivity index (χ2n) is 5.09. The van der Waals surface area contributed by atoms with Crippen LogP contribution >= 0.6 is 0 Å². The second-order valence-corrected chi connectivity index (χ2v) is 8.88. The normalized spacial score (nSPS) is 21.1. The molecule has 1 aromatic carbocycles. The highest BCUT2D eigenvalue weighted by Crippen LogP contribution is 2.22. The lowest BCUT2D eigenvalue weighted by Crippen LogP contribution is -2.17. The lowest BCUT2D eigenvalue weighted by Gasteiger charge is -2.09. The van der Waals surface area contributed by atoms with E-state index in [0.717, 1.165) is 0 Å². The van der Waals surface area contributed by atoms with E-state index in [1.165, 1.54) is 24.3 Å². The monoisotopic (exact) mass is 332 g/mol. The molecule has 0 unspecified atom stereocenters. The van der Waals surface area contributed by atoms with Gasteiger partial charge in [0.2, 0.25) is 15.9 Å². The molecule has 0 radical (unpaired) electrons. The Morgan fingerprint density at radius 1 is 1.29 bits per heavy atom. The molecule has 1 saturated heterocycles. The van der Waals surface area contributed by atoms with Crippen LogP contribution in [0.1, 0.15) is 12.8 Å². The molecule has 9 heteroatoms. The zero-order chi connectivity index (χ0) is 15.7. The maximum Gasteiger partial charge on any atom is 0.238 e. The van der Waals surface area contributed by atoms with Crippen LogP contribution in [0, 0.1) is 5.92 Å². The Morgan fingerprint density at radius 2 is 1.90 bits per heavy atom. The van der Waals surface area contributed by atoms with Crippen molar-refractivity contribution in [2.75, 3.05) is 16.8 Å². The van der Waals surface area contributed by atoms with Gasteiger partial charge in [-0.25, -0.2) is 22.0 Å². The summed E-state index contributed by atoms with van der Waals surface area (Å²) in [5, 5.41) is 7.58. The molecule has 0 saturated carbocycles. The molecule has 1 atom stereocenters. The fourth-order valence-electron chi connectivity index (χ4n) is 2.24. The number of carbonyl (C=O) groups is 1. The number of hydrogen-bond donors (Lipinski definition) is 2. The molecule has 1 fully saturated rings. The first-order valence-corrected chi connectivity index (χ1v) is 9.66. The Bertz CT molecular complexity index is 738. The van der Waals surface area contributed by atoms with E-state index in [-0.39, 0.29) is 34.6 Å². The summed E-state index contributed by atoms with van der Waals surface area (Å²) in [5.74, 6) is -0.266. The molecule has 1 heterocycles. The van der Waals surface area contributed by atoms with Gasteiger partial charge in [0.15, 0.2) is 9.84 Å². The van der Waals surface area contributed by atoms with E-state index in [1.54, 1.807) is 0 Å². The number of carbonyl (C=O) groups excluding carboxylic acids is 1. The van der Waals surface area contributed by atoms with Gasteiger partial charge < -0.3 is 5.32 Å². The van der Waals surface area contributed by atoms with Crippen molar-refractivity contribution in [2.45, 2.75) is 17.7 Å². The first-order chi connectivity index (χ1) is 9.66. The molecule has 7 nitrogen and oxygen atoms in total. The van der Waals surface area contributed by atoms with E-state index in [1.807, 2.05) is 0 Å². The predicted molar refractivity (Wildman–Crippen MR) is 77.8 cm³/mol. The van der Waals surface area contributed by atoms with Crippen LogP contribution in [-0.2, 0) is 24.7 Å². The number of nitrogens with two attached hydrogens (primary N) is 1. The molecule has 21 heavy (non-hydrogen) atoms. The van der Waals surface area contributed by atoms with Crippen molar-refractivity contribution in [1.29, 1.82) is 0 Å². The van der Waals surface area contributed by atoms with Gasteiger partial charge in [-0.2, -0.15) is 0 Å². The molecule has 1 aromatic rings. The highest BCUT2D eigenvalue weighted by atomic mass is 32.2. The topological polar surface area (TPSA) is 123 Å². The number of primary sulfonamides is 1. The van der Waals surface area contributed by atoms with Crippen LogP contribution in [0.4, 0.5) is 5.69 Å². The number of amides is 1. The minimum atomic E-state index is -3.76. The molecule has 3 N–H and O–H groups in total. The van der Waals surface area contributed by atoms with Gasteiger partial charge in [0, 0.05) is 12.1 Å². The Hall–Kier alpha value is -1.45. The lowest BCUT2D eigenvalue weighted by atomic mass is 10.1. The average molecular weight is 332 g/mol. The summed E-state index contributed by atoms with van der Waals surface area (Å²) < 4.78 is 44.8. The number of sulfone groups is 1. The van der Waals surface area contributed by atoms with Crippen molar-refractivity contribution >= 4 is 31.5 Å². The Kier molecular flexibility index (Phi) is 4.35. The van der Waals surface area contributed by atoms with Crippen LogP contribution in [0.2, 0.25) is 0 Å². The van der Waals surface area contributed by atoms with Gasteiger partial charge in [0.1, 0.15) is 0 Å². The van der Waals surface area contributed by atoms with Crippen LogP contribution < -0.4 is 10.5 Å². The van der Waals surface area contributed by atoms with Gasteiger partial charge in [-0.05, 0) is 36.6 Å². The SMILES string of the molecule is NS(=O)(=O)c1ccc(NC(=O)C[C@H]2CCS(=O)(=O)C2)cc1. The van der Waals surface area contributed by atoms with Crippen molar-refractivity contribution in [2.24, 2.45) is 11.1 Å². The number of anilines is 1. The summed E-state index contributed by atoms with van der Waals surface area (Å²) in [6.45, 7) is 0. The molecule has 1 aliphatic rings. The zero-order valence-corrected chi connectivity index (χ0v) is 12.8. The minimum absolute atomic E-state index is 0.0395. The lowest BCUT2D eigenvalue weighted by molar-refractivity contribution is -0.116. The van der Waals surface area contributed by atoms with E-state index >= 15 is 0 Å². The number of benzene rings is 1. The zero-order valence-electron chi connectivity index (χ0n) is 11.2. The highest BCUT2D eigenvalue weighted by molar-refractivity contribution is 7.91. The van der Waals surface area contributed by atoms with Crippen molar-refractivity contribution in [3.63, 3.8) is 0 Å². The van der Waals surface area contributed by atoms with Crippen molar-refractivity contribution in [1.82, 2.24) is 0 Å². The molecule has 1 aliphatic heterocycles. The van der Waals surface area contributed by atoms with Gasteiger partial charge in [0.05, 0.1) is 16.4 Å². The summed E-state index contributed by atoms with van der Waals surface area (Å²) in [6.07, 6.45) is 0.635. The molecule has 2 rings (SSSR count). The van der Waals surface area contributed by atoms with Crippen LogP contribution in [-0.4, -0.2) is 34.2 Å². The first kappa shape index (κ1) is 15.9. The fraction of sp³-hybridized carbons (Fsp3) is 0.417. The maximum absolute atomic E-state index is 11.8. The number of nitrogens with one attached hydrogen (secondary N) is 1. The maximum atomic E-state index is 11.8. The largest absolute Gasteiger partial charge is 0.326 e. The van der Waals surface area contributed by atoms with Gasteiger partial charge in [-0.3, -0.25) is 4.79 Å². The van der Waals surface area contributed by atoms with E-state index in [4.69, 9.17) is 5.14 Å². The quantitative estimate of drug-likeness (QED) is 0.809. The van der Waals surface area contributed by atoms with Gasteiger partial charge in [-0.1, -0.05) is 0 Å². The molecular formula is C12H16N2O5S2. The van der Waals surface area contributed by atoms with Crippen molar-refractivity contribution in [3.05, 3.63) is 24.3 Å². The average Bonchev–Trinajstić information content (AvgIpc) is 2.68. The Labute approximate surface area is 123 Å². The van der Waals surface area contributed by atoms with Crippen molar-refractivity contribution < 1.29 is 21.6 Å². The number of sulfonamides is 1. The Balaban J connectivity index is 1.94. The molecule has 0 aliphatic carbocycles. The van der Waals surface area contributed by atoms with Crippen LogP contribution in [0.3, 0.4) is 0 Å². The number of hydrogen-bond acceptors (Lipinski definition) is 5. The molecule has 0 bridgehead atoms. The third kappa shape index (κ3) is 4.51. The van der Waals surface area contributed by atoms with E-state index in [2.05, 4.69) is 5.32 Å². The van der Waals surface area contributed by atoms with Crippen LogP contribution in [0.5, 0.6) is 0 Å². The van der Waals surface area contributed by atoms with Gasteiger partial charge in [0.25, 0.3) is 0 Å². The van der Waals surface area contributed by atoms with Crippen molar-refractivity contribution in [3.8, 4) is 0 Å². The molecular weight excluding hydrogens is 316 g/mol. The van der Waals surface area contributed by atoms with Gasteiger partial charge >= 0.3 is 0 Å². The predicted octanol–water partition coefficient (Wildman–Crippen LogP) is 0.0973. The fourth-order valence-corrected chi connectivity index (χ4v) is 4.61. The van der Waals surface area contributed by atoms with Crippen LogP contribution in [0.15, 0.2) is 29.2 Å². The number of rotatable bonds is 4. The first-order valence-electron chi connectivity index (χ1n) is 6.29.